The summed E-state index contributed by atoms with van der Waals surface area (Å²) in [4.78, 5) is 6.62. The number of aliphatic imine (C=N–C) groups is 1. The van der Waals surface area contributed by atoms with Crippen LogP contribution in [0.15, 0.2) is 23.2 Å². The molecule has 0 unspecified atom stereocenters. The zero-order chi connectivity index (χ0) is 15.8. The molecule has 0 saturated carbocycles. The van der Waals surface area contributed by atoms with Gasteiger partial charge in [-0.25, -0.2) is 9.38 Å². The van der Waals surface area contributed by atoms with E-state index in [1.54, 1.807) is 13.0 Å². The van der Waals surface area contributed by atoms with Gasteiger partial charge >= 0.3 is 0 Å². The predicted molar refractivity (Wildman–Crippen MR) is 102 cm³/mol. The highest BCUT2D eigenvalue weighted by molar-refractivity contribution is 14.0. The normalized spacial score (nSPS) is 16.0. The fraction of sp³-hybridized carbons (Fsp3) is 0.562. The third kappa shape index (κ3) is 7.45. The molecule has 2 rings (SSSR count). The van der Waals surface area contributed by atoms with Crippen molar-refractivity contribution < 1.29 is 9.13 Å². The molecule has 23 heavy (non-hydrogen) atoms. The van der Waals surface area contributed by atoms with Gasteiger partial charge in [0.1, 0.15) is 5.82 Å². The Hall–Kier alpha value is -0.930. The maximum absolute atomic E-state index is 13.4. The molecule has 0 amide bonds. The summed E-state index contributed by atoms with van der Waals surface area (Å²) in [5.74, 6) is 0.202. The minimum Gasteiger partial charge on any atom is -0.379 e. The van der Waals surface area contributed by atoms with Gasteiger partial charge in [0.05, 0.1) is 19.8 Å². The van der Waals surface area contributed by atoms with Crippen LogP contribution in [0.3, 0.4) is 0 Å². The van der Waals surface area contributed by atoms with Gasteiger partial charge in [0, 0.05) is 19.6 Å². The topological polar surface area (TPSA) is 62.9 Å². The number of halogens is 2. The second kappa shape index (κ2) is 10.8. The highest BCUT2D eigenvalue weighted by Gasteiger charge is 2.08. The predicted octanol–water partition coefficient (Wildman–Crippen LogP) is 1.88. The van der Waals surface area contributed by atoms with Crippen LogP contribution < -0.4 is 11.1 Å². The molecule has 1 heterocycles. The Morgan fingerprint density at radius 1 is 1.39 bits per heavy atom. The van der Waals surface area contributed by atoms with Crippen molar-refractivity contribution in [1.29, 1.82) is 0 Å². The number of ether oxygens (including phenoxy) is 1. The van der Waals surface area contributed by atoms with Crippen LogP contribution in [0.5, 0.6) is 0 Å². The van der Waals surface area contributed by atoms with Crippen molar-refractivity contribution >= 4 is 29.9 Å². The summed E-state index contributed by atoms with van der Waals surface area (Å²) in [6.07, 6.45) is 1.01. The highest BCUT2D eigenvalue weighted by Crippen LogP contribution is 2.09. The van der Waals surface area contributed by atoms with Gasteiger partial charge < -0.3 is 15.8 Å². The lowest BCUT2D eigenvalue weighted by atomic mass is 10.1. The quantitative estimate of drug-likeness (QED) is 0.310. The number of aryl methyl sites for hydroxylation is 1. The van der Waals surface area contributed by atoms with Crippen LogP contribution >= 0.6 is 24.0 Å². The zero-order valence-electron chi connectivity index (χ0n) is 13.6. The molecule has 0 radical (unpaired) electrons. The molecule has 0 aromatic heterocycles. The number of morpholine rings is 1. The van der Waals surface area contributed by atoms with Crippen molar-refractivity contribution in [1.82, 2.24) is 10.2 Å². The largest absolute Gasteiger partial charge is 0.379 e. The first-order chi connectivity index (χ1) is 10.6. The van der Waals surface area contributed by atoms with Crippen LogP contribution in [-0.2, 0) is 11.3 Å². The average Bonchev–Trinajstić information content (AvgIpc) is 2.54. The summed E-state index contributed by atoms with van der Waals surface area (Å²) in [5, 5.41) is 3.09. The Kier molecular flexibility index (Phi) is 9.42. The molecule has 0 bridgehead atoms. The first kappa shape index (κ1) is 20.1. The Bertz CT molecular complexity index is 507. The van der Waals surface area contributed by atoms with Crippen molar-refractivity contribution in [3.05, 3.63) is 35.1 Å². The summed E-state index contributed by atoms with van der Waals surface area (Å²) in [6.45, 7) is 7.60. The SMILES string of the molecule is Cc1ccc(CN=C(N)NCCCN2CCOCC2)cc1F.I. The Labute approximate surface area is 154 Å². The van der Waals surface area contributed by atoms with Gasteiger partial charge in [-0.05, 0) is 37.1 Å². The van der Waals surface area contributed by atoms with E-state index in [0.717, 1.165) is 51.4 Å². The average molecular weight is 436 g/mol. The van der Waals surface area contributed by atoms with E-state index < -0.39 is 0 Å². The Morgan fingerprint density at radius 3 is 2.83 bits per heavy atom. The summed E-state index contributed by atoms with van der Waals surface area (Å²) in [5.41, 5.74) is 7.28. The minimum atomic E-state index is -0.204. The number of hydrogen-bond donors (Lipinski definition) is 2. The maximum Gasteiger partial charge on any atom is 0.188 e. The summed E-state index contributed by atoms with van der Waals surface area (Å²) < 4.78 is 18.7. The number of hydrogen-bond acceptors (Lipinski definition) is 3. The van der Waals surface area contributed by atoms with Crippen LogP contribution in [0.25, 0.3) is 0 Å². The number of nitrogens with two attached hydrogens (primary N) is 1. The molecule has 1 aliphatic rings. The van der Waals surface area contributed by atoms with E-state index in [0.29, 0.717) is 18.1 Å². The number of nitrogens with zero attached hydrogens (tertiary/aromatic N) is 2. The Morgan fingerprint density at radius 2 is 2.13 bits per heavy atom. The molecule has 7 heteroatoms. The van der Waals surface area contributed by atoms with Crippen molar-refractivity contribution in [3.8, 4) is 0 Å². The van der Waals surface area contributed by atoms with Crippen LogP contribution in [0, 0.1) is 12.7 Å². The van der Waals surface area contributed by atoms with Gasteiger partial charge in [-0.1, -0.05) is 12.1 Å². The van der Waals surface area contributed by atoms with Crippen molar-refractivity contribution in [2.24, 2.45) is 10.7 Å². The minimum absolute atomic E-state index is 0. The lowest BCUT2D eigenvalue weighted by Gasteiger charge is -2.26. The van der Waals surface area contributed by atoms with Crippen molar-refractivity contribution in [3.63, 3.8) is 0 Å². The van der Waals surface area contributed by atoms with E-state index in [1.807, 2.05) is 6.07 Å². The molecule has 130 valence electrons. The van der Waals surface area contributed by atoms with Gasteiger partial charge in [0.2, 0.25) is 0 Å². The molecular weight excluding hydrogens is 410 g/mol. The van der Waals surface area contributed by atoms with Crippen molar-refractivity contribution in [2.45, 2.75) is 19.9 Å². The fourth-order valence-electron chi connectivity index (χ4n) is 2.31. The summed E-state index contributed by atoms with van der Waals surface area (Å²) >= 11 is 0. The third-order valence-corrected chi connectivity index (χ3v) is 3.73. The zero-order valence-corrected chi connectivity index (χ0v) is 15.9. The van der Waals surface area contributed by atoms with Gasteiger partial charge in [-0.3, -0.25) is 4.90 Å². The standard InChI is InChI=1S/C16H25FN4O.HI/c1-13-3-4-14(11-15(13)17)12-20-16(18)19-5-2-6-21-7-9-22-10-8-21;/h3-4,11H,2,5-10,12H2,1H3,(H3,18,19,20);1H. The molecule has 1 aromatic rings. The number of nitrogens with one attached hydrogen (secondary N) is 1. The molecule has 1 fully saturated rings. The third-order valence-electron chi connectivity index (χ3n) is 3.73. The molecule has 0 spiro atoms. The van der Waals surface area contributed by atoms with Gasteiger partial charge in [0.25, 0.3) is 0 Å². The molecule has 1 aliphatic heterocycles. The van der Waals surface area contributed by atoms with E-state index in [2.05, 4.69) is 15.2 Å². The molecule has 1 saturated heterocycles. The molecule has 5 nitrogen and oxygen atoms in total. The number of rotatable bonds is 6. The summed E-state index contributed by atoms with van der Waals surface area (Å²) in [7, 11) is 0. The number of guanidine groups is 1. The number of benzene rings is 1. The first-order valence-electron chi connectivity index (χ1n) is 7.74. The van der Waals surface area contributed by atoms with Gasteiger partial charge in [0.15, 0.2) is 5.96 Å². The smallest absolute Gasteiger partial charge is 0.188 e. The Balaban J connectivity index is 0.00000264. The fourth-order valence-corrected chi connectivity index (χ4v) is 2.31. The monoisotopic (exact) mass is 436 g/mol. The van der Waals surface area contributed by atoms with Crippen LogP contribution in [0.4, 0.5) is 4.39 Å². The van der Waals surface area contributed by atoms with E-state index in [9.17, 15) is 4.39 Å². The maximum atomic E-state index is 13.4. The first-order valence-corrected chi connectivity index (χ1v) is 7.74. The molecule has 0 aliphatic carbocycles. The van der Waals surface area contributed by atoms with Crippen LogP contribution in [-0.4, -0.2) is 50.3 Å². The molecular formula is C16H26FIN4O. The lowest BCUT2D eigenvalue weighted by Crippen LogP contribution is -2.39. The molecule has 3 N–H and O–H groups in total. The molecule has 1 aromatic carbocycles. The van der Waals surface area contributed by atoms with E-state index in [4.69, 9.17) is 10.5 Å². The van der Waals surface area contributed by atoms with Gasteiger partial charge in [-0.15, -0.1) is 24.0 Å². The molecule has 0 atom stereocenters. The second-order valence-corrected chi connectivity index (χ2v) is 5.52. The lowest BCUT2D eigenvalue weighted by molar-refractivity contribution is 0.0376. The van der Waals surface area contributed by atoms with Crippen molar-refractivity contribution in [2.75, 3.05) is 39.4 Å². The van der Waals surface area contributed by atoms with Crippen LogP contribution in [0.1, 0.15) is 17.5 Å². The van der Waals surface area contributed by atoms with Gasteiger partial charge in [-0.2, -0.15) is 0 Å². The summed E-state index contributed by atoms with van der Waals surface area (Å²) in [6, 6.07) is 5.13. The second-order valence-electron chi connectivity index (χ2n) is 5.52. The highest BCUT2D eigenvalue weighted by atomic mass is 127. The van der Waals surface area contributed by atoms with E-state index in [-0.39, 0.29) is 29.8 Å². The van der Waals surface area contributed by atoms with E-state index in [1.165, 1.54) is 6.07 Å². The van der Waals surface area contributed by atoms with E-state index >= 15 is 0 Å². The van der Waals surface area contributed by atoms with Crippen LogP contribution in [0.2, 0.25) is 0 Å².